The van der Waals surface area contributed by atoms with Gasteiger partial charge >= 0.3 is 0 Å². The van der Waals surface area contributed by atoms with Crippen molar-refractivity contribution < 1.29 is 9.59 Å². The summed E-state index contributed by atoms with van der Waals surface area (Å²) in [5.41, 5.74) is 0. The number of nitrogens with zero attached hydrogens (tertiary/aromatic N) is 1. The van der Waals surface area contributed by atoms with Gasteiger partial charge in [-0.25, -0.2) is 4.99 Å². The molecule has 0 saturated carbocycles. The zero-order valence-corrected chi connectivity index (χ0v) is 8.27. The molecule has 2 N–H and O–H groups in total. The summed E-state index contributed by atoms with van der Waals surface area (Å²) in [7, 11) is 0. The first-order valence-corrected chi connectivity index (χ1v) is 5.10. The SMILES string of the molecule is CSC(C)C(=O)NC1=NCC(=O)N1. The molecule has 1 rings (SSSR count). The number of amides is 2. The summed E-state index contributed by atoms with van der Waals surface area (Å²) in [4.78, 5) is 25.8. The van der Waals surface area contributed by atoms with Gasteiger partial charge in [0.25, 0.3) is 0 Å². The molecule has 0 aromatic heterocycles. The molecular weight excluding hydrogens is 190 g/mol. The zero-order valence-electron chi connectivity index (χ0n) is 7.46. The molecule has 1 unspecified atom stereocenters. The van der Waals surface area contributed by atoms with Crippen LogP contribution in [0.2, 0.25) is 0 Å². The monoisotopic (exact) mass is 201 g/mol. The number of hydrogen-bond acceptors (Lipinski definition) is 4. The minimum atomic E-state index is -0.188. The van der Waals surface area contributed by atoms with E-state index in [2.05, 4.69) is 15.6 Å². The first-order valence-electron chi connectivity index (χ1n) is 3.81. The predicted octanol–water partition coefficient (Wildman–Crippen LogP) is -0.660. The number of rotatable bonds is 2. The van der Waals surface area contributed by atoms with E-state index in [0.717, 1.165) is 0 Å². The fourth-order valence-corrected chi connectivity index (χ4v) is 1.03. The highest BCUT2D eigenvalue weighted by atomic mass is 32.2. The van der Waals surface area contributed by atoms with Crippen LogP contribution in [0.25, 0.3) is 0 Å². The Balaban J connectivity index is 2.41. The lowest BCUT2D eigenvalue weighted by Gasteiger charge is -2.08. The average Bonchev–Trinajstić information content (AvgIpc) is 2.49. The highest BCUT2D eigenvalue weighted by molar-refractivity contribution is 7.99. The van der Waals surface area contributed by atoms with Crippen molar-refractivity contribution in [2.75, 3.05) is 12.8 Å². The number of carbonyl (C=O) groups is 2. The molecule has 0 fully saturated rings. The van der Waals surface area contributed by atoms with Gasteiger partial charge in [-0.2, -0.15) is 11.8 Å². The van der Waals surface area contributed by atoms with Gasteiger partial charge in [-0.15, -0.1) is 0 Å². The smallest absolute Gasteiger partial charge is 0.248 e. The van der Waals surface area contributed by atoms with Crippen LogP contribution in [0.5, 0.6) is 0 Å². The Kier molecular flexibility index (Phi) is 3.30. The van der Waals surface area contributed by atoms with E-state index in [1.165, 1.54) is 11.8 Å². The van der Waals surface area contributed by atoms with Crippen LogP contribution >= 0.6 is 11.8 Å². The number of carbonyl (C=O) groups excluding carboxylic acids is 2. The number of aliphatic imine (C=N–C) groups is 1. The first-order chi connectivity index (χ1) is 6.13. The minimum absolute atomic E-state index is 0.100. The van der Waals surface area contributed by atoms with E-state index in [1.807, 2.05) is 6.26 Å². The molecule has 13 heavy (non-hydrogen) atoms. The Labute approximate surface area is 80.4 Å². The summed E-state index contributed by atoms with van der Waals surface area (Å²) >= 11 is 1.44. The largest absolute Gasteiger partial charge is 0.295 e. The van der Waals surface area contributed by atoms with Crippen molar-refractivity contribution in [1.29, 1.82) is 0 Å². The molecule has 0 aliphatic carbocycles. The van der Waals surface area contributed by atoms with Gasteiger partial charge in [0.15, 0.2) is 0 Å². The van der Waals surface area contributed by atoms with E-state index in [1.54, 1.807) is 6.92 Å². The van der Waals surface area contributed by atoms with Crippen molar-refractivity contribution in [2.24, 2.45) is 4.99 Å². The Morgan fingerprint density at radius 3 is 2.92 bits per heavy atom. The number of nitrogens with one attached hydrogen (secondary N) is 2. The predicted molar refractivity (Wildman–Crippen MR) is 51.6 cm³/mol. The van der Waals surface area contributed by atoms with Crippen molar-refractivity contribution in [3.05, 3.63) is 0 Å². The first kappa shape index (κ1) is 10.0. The second-order valence-corrected chi connectivity index (χ2v) is 3.76. The van der Waals surface area contributed by atoms with Gasteiger partial charge in [-0.3, -0.25) is 20.2 Å². The van der Waals surface area contributed by atoms with Crippen molar-refractivity contribution in [3.63, 3.8) is 0 Å². The second kappa shape index (κ2) is 4.27. The van der Waals surface area contributed by atoms with Crippen LogP contribution in [0.15, 0.2) is 4.99 Å². The molecule has 0 radical (unpaired) electrons. The third kappa shape index (κ3) is 2.73. The summed E-state index contributed by atoms with van der Waals surface area (Å²) in [5.74, 6) is -0.0727. The lowest BCUT2D eigenvalue weighted by atomic mass is 10.4. The Morgan fingerprint density at radius 1 is 1.77 bits per heavy atom. The Morgan fingerprint density at radius 2 is 2.46 bits per heavy atom. The molecule has 1 aliphatic rings. The van der Waals surface area contributed by atoms with Crippen molar-refractivity contribution in [3.8, 4) is 0 Å². The fourth-order valence-electron chi connectivity index (χ4n) is 0.758. The molecule has 1 aliphatic heterocycles. The fraction of sp³-hybridized carbons (Fsp3) is 0.571. The van der Waals surface area contributed by atoms with E-state index in [9.17, 15) is 9.59 Å². The maximum atomic E-state index is 11.3. The Hall–Kier alpha value is -1.04. The van der Waals surface area contributed by atoms with Gasteiger partial charge in [0, 0.05) is 0 Å². The number of hydrogen-bond donors (Lipinski definition) is 2. The van der Waals surface area contributed by atoms with Crippen molar-refractivity contribution >= 4 is 29.5 Å². The lowest BCUT2D eigenvalue weighted by molar-refractivity contribution is -0.118. The quantitative estimate of drug-likeness (QED) is 0.623. The summed E-state index contributed by atoms with van der Waals surface area (Å²) in [5, 5.41) is 4.81. The van der Waals surface area contributed by atoms with Gasteiger partial charge in [-0.1, -0.05) is 0 Å². The third-order valence-electron chi connectivity index (χ3n) is 1.60. The van der Waals surface area contributed by atoms with Gasteiger partial charge in [0.05, 0.1) is 5.25 Å². The molecule has 0 spiro atoms. The van der Waals surface area contributed by atoms with Gasteiger partial charge in [-0.05, 0) is 13.2 Å². The van der Waals surface area contributed by atoms with Crippen LogP contribution in [-0.2, 0) is 9.59 Å². The van der Waals surface area contributed by atoms with Crippen LogP contribution in [0, 0.1) is 0 Å². The van der Waals surface area contributed by atoms with Crippen LogP contribution in [0.3, 0.4) is 0 Å². The number of guanidine groups is 1. The normalized spacial score (nSPS) is 17.7. The van der Waals surface area contributed by atoms with E-state index >= 15 is 0 Å². The van der Waals surface area contributed by atoms with E-state index in [4.69, 9.17) is 0 Å². The third-order valence-corrected chi connectivity index (χ3v) is 2.52. The van der Waals surface area contributed by atoms with E-state index < -0.39 is 0 Å². The van der Waals surface area contributed by atoms with Gasteiger partial charge < -0.3 is 0 Å². The molecule has 1 atom stereocenters. The van der Waals surface area contributed by atoms with Crippen LogP contribution < -0.4 is 10.6 Å². The maximum Gasteiger partial charge on any atom is 0.248 e. The highest BCUT2D eigenvalue weighted by Gasteiger charge is 2.18. The topological polar surface area (TPSA) is 70.6 Å². The molecule has 0 aromatic rings. The van der Waals surface area contributed by atoms with Crippen LogP contribution in [-0.4, -0.2) is 35.8 Å². The zero-order chi connectivity index (χ0) is 9.84. The summed E-state index contributed by atoms with van der Waals surface area (Å²) < 4.78 is 0. The molecule has 0 aromatic carbocycles. The second-order valence-electron chi connectivity index (χ2n) is 2.58. The maximum absolute atomic E-state index is 11.3. The molecule has 2 amide bonds. The van der Waals surface area contributed by atoms with E-state index in [-0.39, 0.29) is 29.6 Å². The summed E-state index contributed by atoms with van der Waals surface area (Å²) in [6.45, 7) is 1.89. The highest BCUT2D eigenvalue weighted by Crippen LogP contribution is 2.04. The summed E-state index contributed by atoms with van der Waals surface area (Å²) in [6.07, 6.45) is 1.85. The van der Waals surface area contributed by atoms with Gasteiger partial charge in [0.2, 0.25) is 17.8 Å². The molecule has 72 valence electrons. The van der Waals surface area contributed by atoms with E-state index in [0.29, 0.717) is 0 Å². The lowest BCUT2D eigenvalue weighted by Crippen LogP contribution is -2.43. The van der Waals surface area contributed by atoms with Crippen molar-refractivity contribution in [1.82, 2.24) is 10.6 Å². The molecule has 1 heterocycles. The van der Waals surface area contributed by atoms with Gasteiger partial charge in [0.1, 0.15) is 6.54 Å². The molecule has 0 bridgehead atoms. The average molecular weight is 201 g/mol. The molecule has 5 nitrogen and oxygen atoms in total. The van der Waals surface area contributed by atoms with Crippen LogP contribution in [0.1, 0.15) is 6.92 Å². The van der Waals surface area contributed by atoms with Crippen LogP contribution in [0.4, 0.5) is 0 Å². The minimum Gasteiger partial charge on any atom is -0.295 e. The standard InChI is InChI=1S/C7H11N3O2S/c1-4(13-2)6(12)10-7-8-3-5(11)9-7/h4H,3H2,1-2H3,(H2,8,9,10,11,12). The summed E-state index contributed by atoms with van der Waals surface area (Å²) in [6, 6.07) is 0. The molecular formula is C7H11N3O2S. The molecule has 6 heteroatoms. The molecule has 0 saturated heterocycles. The number of thioether (sulfide) groups is 1. The Bertz CT molecular complexity index is 264. The van der Waals surface area contributed by atoms with Crippen molar-refractivity contribution in [2.45, 2.75) is 12.2 Å².